The van der Waals surface area contributed by atoms with E-state index in [1.54, 1.807) is 0 Å². The van der Waals surface area contributed by atoms with Crippen molar-refractivity contribution in [2.24, 2.45) is 17.6 Å². The van der Waals surface area contributed by atoms with Gasteiger partial charge in [0, 0.05) is 18.4 Å². The molecule has 1 fully saturated rings. The predicted octanol–water partition coefficient (Wildman–Crippen LogP) is 4.06. The van der Waals surface area contributed by atoms with E-state index >= 15 is 0 Å². The summed E-state index contributed by atoms with van der Waals surface area (Å²) in [6.45, 7) is 6.65. The highest BCUT2D eigenvalue weighted by Crippen LogP contribution is 2.36. The topological polar surface area (TPSA) is 64.9 Å². The van der Waals surface area contributed by atoms with Gasteiger partial charge in [-0.05, 0) is 43.9 Å². The lowest BCUT2D eigenvalue weighted by Gasteiger charge is -2.26. The van der Waals surface area contributed by atoms with Crippen LogP contribution in [-0.4, -0.2) is 16.2 Å². The van der Waals surface area contributed by atoms with Crippen LogP contribution in [0.1, 0.15) is 83.3 Å². The predicted molar refractivity (Wildman–Crippen MR) is 85.0 cm³/mol. The Bertz CT molecular complexity index is 408. The first-order chi connectivity index (χ1) is 10.1. The van der Waals surface area contributed by atoms with Crippen LogP contribution >= 0.6 is 0 Å². The third-order valence-corrected chi connectivity index (χ3v) is 4.60. The second kappa shape index (κ2) is 7.92. The molecule has 1 aromatic heterocycles. The summed E-state index contributed by atoms with van der Waals surface area (Å²) in [5.41, 5.74) is 6.12. The Morgan fingerprint density at radius 1 is 1.24 bits per heavy atom. The smallest absolute Gasteiger partial charge is 0.228 e. The van der Waals surface area contributed by atoms with E-state index in [1.165, 1.54) is 38.5 Å². The number of hydrogen-bond acceptors (Lipinski definition) is 4. The largest absolute Gasteiger partial charge is 0.339 e. The molecule has 1 aromatic rings. The second-order valence-corrected chi connectivity index (χ2v) is 7.15. The van der Waals surface area contributed by atoms with Gasteiger partial charge in [-0.25, -0.2) is 0 Å². The van der Waals surface area contributed by atoms with Gasteiger partial charge in [0.1, 0.15) is 0 Å². The average Bonchev–Trinajstić information content (AvgIpc) is 2.87. The highest BCUT2D eigenvalue weighted by Gasteiger charge is 2.25. The monoisotopic (exact) mass is 293 g/mol. The highest BCUT2D eigenvalue weighted by atomic mass is 16.5. The molecular weight excluding hydrogens is 262 g/mol. The summed E-state index contributed by atoms with van der Waals surface area (Å²) in [6, 6.07) is 0.124. The summed E-state index contributed by atoms with van der Waals surface area (Å²) in [6.07, 6.45) is 9.42. The van der Waals surface area contributed by atoms with Gasteiger partial charge in [-0.2, -0.15) is 4.98 Å². The molecule has 1 unspecified atom stereocenters. The molecule has 0 amide bonds. The van der Waals surface area contributed by atoms with E-state index in [0.29, 0.717) is 24.1 Å². The standard InChI is InChI=1S/C17H31N3O/c1-4-5-13-6-8-14(9-7-13)17-19-16(21-20-17)11-15(18)10-12(2)3/h12-15H,4-11,18H2,1-3H3. The van der Waals surface area contributed by atoms with Crippen molar-refractivity contribution in [3.05, 3.63) is 11.7 Å². The van der Waals surface area contributed by atoms with Crippen LogP contribution in [0.25, 0.3) is 0 Å². The van der Waals surface area contributed by atoms with Crippen LogP contribution in [0.4, 0.5) is 0 Å². The van der Waals surface area contributed by atoms with Gasteiger partial charge in [0.05, 0.1) is 0 Å². The van der Waals surface area contributed by atoms with E-state index < -0.39 is 0 Å². The molecule has 1 aliphatic rings. The van der Waals surface area contributed by atoms with Crippen molar-refractivity contribution in [1.29, 1.82) is 0 Å². The molecular formula is C17H31N3O. The molecule has 0 spiro atoms. The average molecular weight is 293 g/mol. The minimum atomic E-state index is 0.124. The molecule has 1 atom stereocenters. The molecule has 0 radical (unpaired) electrons. The van der Waals surface area contributed by atoms with Crippen molar-refractivity contribution in [2.75, 3.05) is 0 Å². The van der Waals surface area contributed by atoms with Crippen molar-refractivity contribution >= 4 is 0 Å². The summed E-state index contributed by atoms with van der Waals surface area (Å²) in [5.74, 6) is 3.65. The van der Waals surface area contributed by atoms with Crippen LogP contribution < -0.4 is 5.73 Å². The van der Waals surface area contributed by atoms with Gasteiger partial charge in [0.25, 0.3) is 0 Å². The van der Waals surface area contributed by atoms with Gasteiger partial charge in [-0.3, -0.25) is 0 Å². The molecule has 0 aliphatic heterocycles. The molecule has 0 bridgehead atoms. The normalized spacial score (nSPS) is 24.4. The van der Waals surface area contributed by atoms with Crippen molar-refractivity contribution in [3.63, 3.8) is 0 Å². The maximum absolute atomic E-state index is 6.12. The van der Waals surface area contributed by atoms with E-state index in [2.05, 4.69) is 30.9 Å². The Morgan fingerprint density at radius 2 is 1.95 bits per heavy atom. The number of aromatic nitrogens is 2. The van der Waals surface area contributed by atoms with Crippen molar-refractivity contribution in [2.45, 2.75) is 84.1 Å². The first-order valence-corrected chi connectivity index (χ1v) is 8.66. The fourth-order valence-corrected chi connectivity index (χ4v) is 3.55. The molecule has 1 saturated carbocycles. The van der Waals surface area contributed by atoms with Gasteiger partial charge >= 0.3 is 0 Å². The first-order valence-electron chi connectivity index (χ1n) is 8.66. The van der Waals surface area contributed by atoms with Gasteiger partial charge < -0.3 is 10.3 Å². The third kappa shape index (κ3) is 5.10. The lowest BCUT2D eigenvalue weighted by molar-refractivity contribution is 0.294. The molecule has 1 heterocycles. The lowest BCUT2D eigenvalue weighted by Crippen LogP contribution is -2.24. The van der Waals surface area contributed by atoms with E-state index in [0.717, 1.165) is 18.2 Å². The maximum Gasteiger partial charge on any atom is 0.228 e. The SMILES string of the molecule is CCCC1CCC(c2noc(CC(N)CC(C)C)n2)CC1. The minimum absolute atomic E-state index is 0.124. The Hall–Kier alpha value is -0.900. The Morgan fingerprint density at radius 3 is 2.57 bits per heavy atom. The van der Waals surface area contributed by atoms with Gasteiger partial charge in [-0.15, -0.1) is 0 Å². The van der Waals surface area contributed by atoms with E-state index in [4.69, 9.17) is 10.3 Å². The number of nitrogens with two attached hydrogens (primary N) is 1. The molecule has 2 N–H and O–H groups in total. The highest BCUT2D eigenvalue weighted by molar-refractivity contribution is 4.98. The fourth-order valence-electron chi connectivity index (χ4n) is 3.55. The molecule has 21 heavy (non-hydrogen) atoms. The Balaban J connectivity index is 1.83. The van der Waals surface area contributed by atoms with Gasteiger partial charge in [0.2, 0.25) is 5.89 Å². The zero-order valence-electron chi connectivity index (χ0n) is 13.8. The van der Waals surface area contributed by atoms with Crippen molar-refractivity contribution < 1.29 is 4.52 Å². The number of nitrogens with zero attached hydrogens (tertiary/aromatic N) is 2. The van der Waals surface area contributed by atoms with E-state index in [1.807, 2.05) is 0 Å². The Kier molecular flexibility index (Phi) is 6.22. The quantitative estimate of drug-likeness (QED) is 0.823. The van der Waals surface area contributed by atoms with Gasteiger partial charge in [0.15, 0.2) is 5.82 Å². The molecule has 0 aromatic carbocycles. The molecule has 120 valence electrons. The first kappa shape index (κ1) is 16.5. The van der Waals surface area contributed by atoms with Crippen LogP contribution in [0.2, 0.25) is 0 Å². The summed E-state index contributed by atoms with van der Waals surface area (Å²) < 4.78 is 5.40. The van der Waals surface area contributed by atoms with Crippen LogP contribution in [0.5, 0.6) is 0 Å². The summed E-state index contributed by atoms with van der Waals surface area (Å²) >= 11 is 0. The second-order valence-electron chi connectivity index (χ2n) is 7.15. The van der Waals surface area contributed by atoms with E-state index in [9.17, 15) is 0 Å². The third-order valence-electron chi connectivity index (χ3n) is 4.60. The molecule has 4 heteroatoms. The van der Waals surface area contributed by atoms with Crippen molar-refractivity contribution in [1.82, 2.24) is 10.1 Å². The summed E-state index contributed by atoms with van der Waals surface area (Å²) in [5, 5.41) is 4.20. The lowest BCUT2D eigenvalue weighted by atomic mass is 9.80. The van der Waals surface area contributed by atoms with Crippen LogP contribution in [0.15, 0.2) is 4.52 Å². The number of hydrogen-bond donors (Lipinski definition) is 1. The van der Waals surface area contributed by atoms with Crippen LogP contribution in [-0.2, 0) is 6.42 Å². The van der Waals surface area contributed by atoms with E-state index in [-0.39, 0.29) is 6.04 Å². The van der Waals surface area contributed by atoms with Gasteiger partial charge in [-0.1, -0.05) is 38.8 Å². The van der Waals surface area contributed by atoms with Crippen LogP contribution in [0, 0.1) is 11.8 Å². The zero-order chi connectivity index (χ0) is 15.2. The summed E-state index contributed by atoms with van der Waals surface area (Å²) in [7, 11) is 0. The van der Waals surface area contributed by atoms with Crippen LogP contribution in [0.3, 0.4) is 0 Å². The molecule has 1 aliphatic carbocycles. The number of rotatable bonds is 7. The summed E-state index contributed by atoms with van der Waals surface area (Å²) in [4.78, 5) is 4.59. The molecule has 0 saturated heterocycles. The zero-order valence-corrected chi connectivity index (χ0v) is 13.8. The maximum atomic E-state index is 6.12. The molecule has 4 nitrogen and oxygen atoms in total. The fraction of sp³-hybridized carbons (Fsp3) is 0.882. The minimum Gasteiger partial charge on any atom is -0.339 e. The Labute approximate surface area is 128 Å². The molecule has 2 rings (SSSR count). The van der Waals surface area contributed by atoms with Crippen molar-refractivity contribution in [3.8, 4) is 0 Å².